The van der Waals surface area contributed by atoms with Crippen LogP contribution < -0.4 is 4.72 Å². The van der Waals surface area contributed by atoms with Gasteiger partial charge in [0.1, 0.15) is 5.82 Å². The van der Waals surface area contributed by atoms with E-state index in [-0.39, 0.29) is 5.82 Å². The molecular formula is C10H10FN3S. The van der Waals surface area contributed by atoms with Gasteiger partial charge in [-0.05, 0) is 17.7 Å². The zero-order valence-electron chi connectivity index (χ0n) is 7.89. The largest absolute Gasteiger partial charge is 0.316 e. The van der Waals surface area contributed by atoms with E-state index in [0.29, 0.717) is 12.4 Å². The third kappa shape index (κ3) is 2.50. The fourth-order valence-corrected chi connectivity index (χ4v) is 1.41. The van der Waals surface area contributed by atoms with Gasteiger partial charge in [-0.3, -0.25) is 4.68 Å². The molecule has 1 N–H and O–H groups in total. The number of benzene rings is 1. The number of rotatable bonds is 3. The summed E-state index contributed by atoms with van der Waals surface area (Å²) in [5.74, 6) is 0.470. The molecule has 0 saturated carbocycles. The number of hydrogen-bond acceptors (Lipinski definition) is 3. The standard InChI is InChI=1S/C10H10FN3S/c11-9-3-1-8(2-4-9)7-14-6-5-10(12-14)13-15/h1-6,15H,7H2,(H,12,13). The van der Waals surface area contributed by atoms with E-state index >= 15 is 0 Å². The van der Waals surface area contributed by atoms with Crippen molar-refractivity contribution in [3.63, 3.8) is 0 Å². The van der Waals surface area contributed by atoms with E-state index in [0.717, 1.165) is 5.56 Å². The fourth-order valence-electron chi connectivity index (χ4n) is 1.29. The first kappa shape index (κ1) is 10.0. The third-order valence-electron chi connectivity index (χ3n) is 2.01. The summed E-state index contributed by atoms with van der Waals surface area (Å²) in [6.45, 7) is 0.621. The Kier molecular flexibility index (Phi) is 2.91. The van der Waals surface area contributed by atoms with Crippen LogP contribution in [0.4, 0.5) is 10.2 Å². The second-order valence-electron chi connectivity index (χ2n) is 3.14. The van der Waals surface area contributed by atoms with Gasteiger partial charge in [-0.15, -0.1) is 0 Å². The minimum Gasteiger partial charge on any atom is -0.316 e. The molecule has 3 nitrogen and oxygen atoms in total. The lowest BCUT2D eigenvalue weighted by atomic mass is 10.2. The smallest absolute Gasteiger partial charge is 0.157 e. The maximum atomic E-state index is 12.6. The summed E-state index contributed by atoms with van der Waals surface area (Å²) >= 11 is 3.89. The summed E-state index contributed by atoms with van der Waals surface area (Å²) in [4.78, 5) is 0. The van der Waals surface area contributed by atoms with E-state index in [1.165, 1.54) is 12.1 Å². The number of hydrogen-bond donors (Lipinski definition) is 2. The van der Waals surface area contributed by atoms with Crippen LogP contribution in [0.15, 0.2) is 36.5 Å². The minimum absolute atomic E-state index is 0.225. The van der Waals surface area contributed by atoms with E-state index in [4.69, 9.17) is 0 Å². The molecule has 0 radical (unpaired) electrons. The number of aromatic nitrogens is 2. The quantitative estimate of drug-likeness (QED) is 0.782. The van der Waals surface area contributed by atoms with Gasteiger partial charge >= 0.3 is 0 Å². The van der Waals surface area contributed by atoms with Gasteiger partial charge in [0, 0.05) is 12.3 Å². The normalized spacial score (nSPS) is 10.3. The molecule has 2 rings (SSSR count). The first-order valence-corrected chi connectivity index (χ1v) is 4.90. The van der Waals surface area contributed by atoms with Crippen molar-refractivity contribution in [1.82, 2.24) is 9.78 Å². The molecule has 0 unspecified atom stereocenters. The topological polar surface area (TPSA) is 29.9 Å². The number of nitrogens with one attached hydrogen (secondary N) is 1. The molecule has 0 atom stereocenters. The molecule has 0 bridgehead atoms. The highest BCUT2D eigenvalue weighted by Crippen LogP contribution is 2.07. The Labute approximate surface area is 92.5 Å². The van der Waals surface area contributed by atoms with Gasteiger partial charge in [-0.1, -0.05) is 24.9 Å². The molecule has 0 amide bonds. The van der Waals surface area contributed by atoms with Crippen LogP contribution in [0.5, 0.6) is 0 Å². The predicted molar refractivity (Wildman–Crippen MR) is 60.3 cm³/mol. The highest BCUT2D eigenvalue weighted by molar-refractivity contribution is 7.81. The molecule has 0 fully saturated rings. The van der Waals surface area contributed by atoms with Crippen LogP contribution in [-0.4, -0.2) is 9.78 Å². The molecule has 0 aliphatic carbocycles. The maximum Gasteiger partial charge on any atom is 0.157 e. The van der Waals surface area contributed by atoms with E-state index in [2.05, 4.69) is 22.6 Å². The summed E-state index contributed by atoms with van der Waals surface area (Å²) in [6, 6.07) is 8.18. The number of anilines is 1. The number of nitrogens with zero attached hydrogens (tertiary/aromatic N) is 2. The molecule has 0 spiro atoms. The van der Waals surface area contributed by atoms with Crippen molar-refractivity contribution < 1.29 is 4.39 Å². The van der Waals surface area contributed by atoms with Crippen LogP contribution in [-0.2, 0) is 6.54 Å². The Hall–Kier alpha value is -1.49. The zero-order chi connectivity index (χ0) is 10.7. The van der Waals surface area contributed by atoms with E-state index in [9.17, 15) is 4.39 Å². The Morgan fingerprint density at radius 2 is 2.00 bits per heavy atom. The SMILES string of the molecule is Fc1ccc(Cn2ccc(NS)n2)cc1. The minimum atomic E-state index is -0.225. The predicted octanol–water partition coefficient (Wildman–Crippen LogP) is 2.33. The highest BCUT2D eigenvalue weighted by Gasteiger charge is 1.98. The van der Waals surface area contributed by atoms with Gasteiger partial charge in [0.05, 0.1) is 6.54 Å². The number of halogens is 1. The fraction of sp³-hybridized carbons (Fsp3) is 0.100. The molecule has 5 heteroatoms. The summed E-state index contributed by atoms with van der Waals surface area (Å²) in [5.41, 5.74) is 1.00. The van der Waals surface area contributed by atoms with Gasteiger partial charge in [0.15, 0.2) is 5.82 Å². The molecule has 2 aromatic rings. The van der Waals surface area contributed by atoms with Crippen molar-refractivity contribution in [2.24, 2.45) is 0 Å². The summed E-state index contributed by atoms with van der Waals surface area (Å²) < 4.78 is 17.0. The number of thiol groups is 1. The van der Waals surface area contributed by atoms with Crippen LogP contribution in [0.25, 0.3) is 0 Å². The second-order valence-corrected chi connectivity index (χ2v) is 3.36. The molecule has 0 aliphatic heterocycles. The van der Waals surface area contributed by atoms with E-state index < -0.39 is 0 Å². The Bertz CT molecular complexity index is 438. The Morgan fingerprint density at radius 1 is 1.27 bits per heavy atom. The third-order valence-corrected chi connectivity index (χ3v) is 2.24. The molecular weight excluding hydrogens is 213 g/mol. The van der Waals surface area contributed by atoms with Crippen LogP contribution in [0.2, 0.25) is 0 Å². The Balaban J connectivity index is 2.11. The van der Waals surface area contributed by atoms with Gasteiger partial charge in [-0.25, -0.2) is 4.39 Å². The van der Waals surface area contributed by atoms with Gasteiger partial charge in [-0.2, -0.15) is 5.10 Å². The first-order chi connectivity index (χ1) is 7.28. The monoisotopic (exact) mass is 223 g/mol. The van der Waals surface area contributed by atoms with Crippen LogP contribution >= 0.6 is 12.8 Å². The maximum absolute atomic E-state index is 12.6. The van der Waals surface area contributed by atoms with Gasteiger partial charge in [0.25, 0.3) is 0 Å². The van der Waals surface area contributed by atoms with E-state index in [1.54, 1.807) is 16.8 Å². The van der Waals surface area contributed by atoms with Gasteiger partial charge in [0.2, 0.25) is 0 Å². The van der Waals surface area contributed by atoms with Crippen LogP contribution in [0.1, 0.15) is 5.56 Å². The average Bonchev–Trinajstić information content (AvgIpc) is 2.69. The lowest BCUT2D eigenvalue weighted by Gasteiger charge is -2.01. The molecule has 1 aromatic carbocycles. The van der Waals surface area contributed by atoms with Gasteiger partial charge < -0.3 is 4.72 Å². The van der Waals surface area contributed by atoms with Crippen molar-refractivity contribution in [3.05, 3.63) is 47.9 Å². The van der Waals surface area contributed by atoms with Crippen molar-refractivity contribution >= 4 is 18.6 Å². The van der Waals surface area contributed by atoms with Crippen molar-refractivity contribution in [2.75, 3.05) is 4.72 Å². The molecule has 78 valence electrons. The van der Waals surface area contributed by atoms with Crippen molar-refractivity contribution in [1.29, 1.82) is 0 Å². The Morgan fingerprint density at radius 3 is 2.60 bits per heavy atom. The molecule has 0 aliphatic rings. The highest BCUT2D eigenvalue weighted by atomic mass is 32.1. The zero-order valence-corrected chi connectivity index (χ0v) is 8.79. The first-order valence-electron chi connectivity index (χ1n) is 4.46. The summed E-state index contributed by atoms with van der Waals surface area (Å²) in [6.07, 6.45) is 1.84. The molecule has 15 heavy (non-hydrogen) atoms. The molecule has 0 saturated heterocycles. The van der Waals surface area contributed by atoms with Crippen molar-refractivity contribution in [2.45, 2.75) is 6.54 Å². The molecule has 1 aromatic heterocycles. The lowest BCUT2D eigenvalue weighted by molar-refractivity contribution is 0.624. The lowest BCUT2D eigenvalue weighted by Crippen LogP contribution is -2.00. The summed E-state index contributed by atoms with van der Waals surface area (Å²) in [7, 11) is 0. The van der Waals surface area contributed by atoms with E-state index in [1.807, 2.05) is 12.3 Å². The molecule has 1 heterocycles. The van der Waals surface area contributed by atoms with Crippen LogP contribution in [0, 0.1) is 5.82 Å². The van der Waals surface area contributed by atoms with Crippen molar-refractivity contribution in [3.8, 4) is 0 Å². The summed E-state index contributed by atoms with van der Waals surface area (Å²) in [5, 5.41) is 4.18. The second kappa shape index (κ2) is 4.35. The average molecular weight is 223 g/mol. The van der Waals surface area contributed by atoms with Crippen LogP contribution in [0.3, 0.4) is 0 Å².